The van der Waals surface area contributed by atoms with E-state index in [0.29, 0.717) is 29.2 Å². The first-order valence-electron chi connectivity index (χ1n) is 9.41. The van der Waals surface area contributed by atoms with E-state index in [1.165, 1.54) is 17.9 Å². The Labute approximate surface area is 162 Å². The largest absolute Gasteiger partial charge is 0.442 e. The number of amides is 2. The summed E-state index contributed by atoms with van der Waals surface area (Å²) in [5.74, 6) is 0.660. The fourth-order valence-corrected chi connectivity index (χ4v) is 5.49. The molecule has 2 unspecified atom stereocenters. The molecule has 1 aromatic rings. The number of carbonyl (C=O) groups is 2. The van der Waals surface area contributed by atoms with Crippen molar-refractivity contribution in [3.8, 4) is 0 Å². The molecule has 1 aromatic carbocycles. The van der Waals surface area contributed by atoms with Gasteiger partial charge in [0.1, 0.15) is 11.9 Å². The van der Waals surface area contributed by atoms with E-state index in [9.17, 15) is 14.0 Å². The van der Waals surface area contributed by atoms with Gasteiger partial charge in [-0.15, -0.1) is 0 Å². The molecule has 3 saturated heterocycles. The molecule has 2 amide bonds. The number of rotatable bonds is 4. The van der Waals surface area contributed by atoms with Crippen LogP contribution in [0.1, 0.15) is 26.2 Å². The van der Waals surface area contributed by atoms with Gasteiger partial charge in [0, 0.05) is 24.8 Å². The third-order valence-electron chi connectivity index (χ3n) is 5.48. The summed E-state index contributed by atoms with van der Waals surface area (Å²) in [6.45, 7) is 2.84. The van der Waals surface area contributed by atoms with Crippen LogP contribution in [0.4, 0.5) is 20.6 Å². The zero-order valence-corrected chi connectivity index (χ0v) is 16.1. The number of cyclic esters (lactones) is 1. The standard InChI is InChI=1S/C19H24FN3O3S/c1-12(24)21-10-15-11-23(19(25)26-15)13-2-3-18(17(20)9-13)22-6-4-16-8-14(22)5-7-27-16/h2-3,9,14-16H,4-8,10-11H2,1H3,(H,21,24)/t14?,15-,16?/m0/s1. The highest BCUT2D eigenvalue weighted by atomic mass is 32.2. The molecule has 3 aliphatic heterocycles. The van der Waals surface area contributed by atoms with E-state index in [4.69, 9.17) is 4.74 Å². The minimum atomic E-state index is -0.511. The third-order valence-corrected chi connectivity index (χ3v) is 6.85. The second-order valence-electron chi connectivity index (χ2n) is 7.34. The van der Waals surface area contributed by atoms with Crippen molar-refractivity contribution in [3.63, 3.8) is 0 Å². The maximum atomic E-state index is 14.9. The molecule has 3 fully saturated rings. The number of hydrogen-bond acceptors (Lipinski definition) is 5. The monoisotopic (exact) mass is 393 g/mol. The third kappa shape index (κ3) is 3.85. The van der Waals surface area contributed by atoms with Crippen molar-refractivity contribution in [1.82, 2.24) is 5.32 Å². The van der Waals surface area contributed by atoms with Gasteiger partial charge in [-0.05, 0) is 43.2 Å². The summed E-state index contributed by atoms with van der Waals surface area (Å²) in [5, 5.41) is 3.35. The van der Waals surface area contributed by atoms with Gasteiger partial charge < -0.3 is 15.0 Å². The van der Waals surface area contributed by atoms with Crippen LogP contribution < -0.4 is 15.1 Å². The Hall–Kier alpha value is -1.96. The summed E-state index contributed by atoms with van der Waals surface area (Å²) in [7, 11) is 0. The van der Waals surface area contributed by atoms with Crippen LogP contribution in [0.5, 0.6) is 0 Å². The fourth-order valence-electron chi connectivity index (χ4n) is 4.12. The second kappa shape index (κ2) is 7.58. The average Bonchev–Trinajstić information content (AvgIpc) is 3.02. The summed E-state index contributed by atoms with van der Waals surface area (Å²) in [4.78, 5) is 26.8. The first-order valence-corrected chi connectivity index (χ1v) is 10.5. The predicted molar refractivity (Wildman–Crippen MR) is 104 cm³/mol. The van der Waals surface area contributed by atoms with E-state index in [2.05, 4.69) is 10.2 Å². The van der Waals surface area contributed by atoms with Crippen molar-refractivity contribution in [2.24, 2.45) is 0 Å². The van der Waals surface area contributed by atoms with Gasteiger partial charge in [-0.2, -0.15) is 11.8 Å². The van der Waals surface area contributed by atoms with Crippen molar-refractivity contribution >= 4 is 35.1 Å². The lowest BCUT2D eigenvalue weighted by atomic mass is 9.97. The molecule has 6 nitrogen and oxygen atoms in total. The normalized spacial score (nSPS) is 27.5. The minimum Gasteiger partial charge on any atom is -0.442 e. The molecule has 2 bridgehead atoms. The van der Waals surface area contributed by atoms with Gasteiger partial charge in [0.25, 0.3) is 0 Å². The van der Waals surface area contributed by atoms with Crippen LogP contribution in [0.15, 0.2) is 18.2 Å². The topological polar surface area (TPSA) is 61.9 Å². The zero-order valence-electron chi connectivity index (χ0n) is 15.3. The number of carbonyl (C=O) groups excluding carboxylic acids is 2. The highest BCUT2D eigenvalue weighted by molar-refractivity contribution is 7.99. The second-order valence-corrected chi connectivity index (χ2v) is 8.75. The Morgan fingerprint density at radius 2 is 2.26 bits per heavy atom. The molecule has 4 rings (SSSR count). The smallest absolute Gasteiger partial charge is 0.414 e. The van der Waals surface area contributed by atoms with Gasteiger partial charge >= 0.3 is 6.09 Å². The maximum absolute atomic E-state index is 14.9. The van der Waals surface area contributed by atoms with Crippen LogP contribution in [0.2, 0.25) is 0 Å². The van der Waals surface area contributed by atoms with Crippen LogP contribution in [0.25, 0.3) is 0 Å². The summed E-state index contributed by atoms with van der Waals surface area (Å²) < 4.78 is 20.2. The number of anilines is 2. The van der Waals surface area contributed by atoms with Gasteiger partial charge in [0.05, 0.1) is 24.5 Å². The molecule has 0 aromatic heterocycles. The number of nitrogens with one attached hydrogen (secondary N) is 1. The van der Waals surface area contributed by atoms with Crippen molar-refractivity contribution in [1.29, 1.82) is 0 Å². The van der Waals surface area contributed by atoms with Crippen LogP contribution in [0, 0.1) is 5.82 Å². The molecule has 0 spiro atoms. The van der Waals surface area contributed by atoms with Crippen molar-refractivity contribution < 1.29 is 18.7 Å². The van der Waals surface area contributed by atoms with E-state index in [0.717, 1.165) is 31.6 Å². The highest BCUT2D eigenvalue weighted by Gasteiger charge is 2.35. The van der Waals surface area contributed by atoms with Crippen molar-refractivity contribution in [2.45, 2.75) is 43.6 Å². The van der Waals surface area contributed by atoms with Crippen LogP contribution in [-0.4, -0.2) is 54.8 Å². The summed E-state index contributed by atoms with van der Waals surface area (Å²) in [6, 6.07) is 5.39. The maximum Gasteiger partial charge on any atom is 0.414 e. The number of piperidine rings is 1. The van der Waals surface area contributed by atoms with Gasteiger partial charge in [-0.25, -0.2) is 9.18 Å². The molecule has 8 heteroatoms. The van der Waals surface area contributed by atoms with Gasteiger partial charge in [-0.1, -0.05) is 0 Å². The molecule has 0 aliphatic carbocycles. The number of hydrogen-bond donors (Lipinski definition) is 1. The van der Waals surface area contributed by atoms with E-state index >= 15 is 0 Å². The van der Waals surface area contributed by atoms with Gasteiger partial charge in [-0.3, -0.25) is 9.69 Å². The molecule has 1 N–H and O–H groups in total. The number of fused-ring (bicyclic) bond motifs is 2. The molecule has 3 aliphatic rings. The molecular formula is C19H24FN3O3S. The Balaban J connectivity index is 1.47. The highest BCUT2D eigenvalue weighted by Crippen LogP contribution is 2.38. The number of nitrogens with zero attached hydrogens (tertiary/aromatic N) is 2. The Bertz CT molecular complexity index is 747. The number of thioether (sulfide) groups is 1. The zero-order chi connectivity index (χ0) is 19.0. The summed E-state index contributed by atoms with van der Waals surface area (Å²) >= 11 is 2.04. The van der Waals surface area contributed by atoms with E-state index in [-0.39, 0.29) is 18.3 Å². The molecule has 0 radical (unpaired) electrons. The van der Waals surface area contributed by atoms with Crippen LogP contribution in [-0.2, 0) is 9.53 Å². The number of benzene rings is 1. The van der Waals surface area contributed by atoms with E-state index in [1.807, 2.05) is 11.8 Å². The molecule has 27 heavy (non-hydrogen) atoms. The first kappa shape index (κ1) is 18.4. The molecule has 0 saturated carbocycles. The Morgan fingerprint density at radius 3 is 3.04 bits per heavy atom. The minimum absolute atomic E-state index is 0.176. The van der Waals surface area contributed by atoms with Crippen molar-refractivity contribution in [3.05, 3.63) is 24.0 Å². The predicted octanol–water partition coefficient (Wildman–Crippen LogP) is 2.76. The van der Waals surface area contributed by atoms with E-state index in [1.54, 1.807) is 12.1 Å². The molecule has 146 valence electrons. The SMILES string of the molecule is CC(=O)NC[C@H]1CN(c2ccc(N3CCC4CC3CCS4)c(F)c2)C(=O)O1. The van der Waals surface area contributed by atoms with Crippen LogP contribution in [0.3, 0.4) is 0 Å². The fraction of sp³-hybridized carbons (Fsp3) is 0.579. The van der Waals surface area contributed by atoms with Crippen LogP contribution >= 0.6 is 11.8 Å². The van der Waals surface area contributed by atoms with Gasteiger partial charge in [0.15, 0.2) is 0 Å². The lowest BCUT2D eigenvalue weighted by molar-refractivity contribution is -0.119. The number of halogens is 1. The van der Waals surface area contributed by atoms with Gasteiger partial charge in [0.2, 0.25) is 5.91 Å². The lowest BCUT2D eigenvalue weighted by Gasteiger charge is -2.44. The Morgan fingerprint density at radius 1 is 1.41 bits per heavy atom. The summed E-state index contributed by atoms with van der Waals surface area (Å²) in [6.07, 6.45) is 2.36. The first-order chi connectivity index (χ1) is 13.0. The molecular weight excluding hydrogens is 369 g/mol. The lowest BCUT2D eigenvalue weighted by Crippen LogP contribution is -2.46. The average molecular weight is 393 g/mol. The summed E-state index contributed by atoms with van der Waals surface area (Å²) in [5.41, 5.74) is 1.11. The quantitative estimate of drug-likeness (QED) is 0.852. The van der Waals surface area contributed by atoms with E-state index < -0.39 is 12.2 Å². The molecule has 3 atom stereocenters. The Kier molecular flexibility index (Phi) is 5.16. The molecule has 3 heterocycles. The number of ether oxygens (including phenoxy) is 1. The van der Waals surface area contributed by atoms with Crippen molar-refractivity contribution in [2.75, 3.05) is 35.2 Å².